The summed E-state index contributed by atoms with van der Waals surface area (Å²) in [4.78, 5) is 35.4. The molecule has 2 N–H and O–H groups in total. The molecule has 0 saturated heterocycles. The predicted molar refractivity (Wildman–Crippen MR) is 172 cm³/mol. The summed E-state index contributed by atoms with van der Waals surface area (Å²) >= 11 is 1.53. The molecule has 0 radical (unpaired) electrons. The number of benzene rings is 3. The van der Waals surface area contributed by atoms with Crippen molar-refractivity contribution in [2.24, 2.45) is 5.92 Å². The van der Waals surface area contributed by atoms with Crippen molar-refractivity contribution in [3.05, 3.63) is 95.0 Å². The van der Waals surface area contributed by atoms with E-state index in [4.69, 9.17) is 9.47 Å². The second-order valence-electron chi connectivity index (χ2n) is 11.2. The number of ether oxygens (including phenoxy) is 2. The topological polar surface area (TPSA) is 104 Å². The number of carbonyl (C=O) groups is 2. The number of hydrogen-bond donors (Lipinski definition) is 2. The SMILES string of the molecule is COc1ccc(CN(C)C[C@H]2Oc3c(NC(=O)c4ccc(-c5nccs5)cc4)cccc3C(=O)N([C@H](C)CO)C[C@@H]2C)cc1. The lowest BCUT2D eigenvalue weighted by Gasteiger charge is -2.38. The summed E-state index contributed by atoms with van der Waals surface area (Å²) in [5.41, 5.74) is 3.30. The number of amides is 2. The highest BCUT2D eigenvalue weighted by atomic mass is 32.1. The summed E-state index contributed by atoms with van der Waals surface area (Å²) in [6, 6.07) is 20.0. The molecule has 2 heterocycles. The van der Waals surface area contributed by atoms with Gasteiger partial charge in [-0.1, -0.05) is 37.3 Å². The van der Waals surface area contributed by atoms with E-state index in [1.165, 1.54) is 11.3 Å². The van der Waals surface area contributed by atoms with Crippen molar-refractivity contribution < 1.29 is 24.2 Å². The molecule has 0 spiro atoms. The van der Waals surface area contributed by atoms with Crippen LogP contribution in [0, 0.1) is 5.92 Å². The van der Waals surface area contributed by atoms with E-state index < -0.39 is 0 Å². The van der Waals surface area contributed by atoms with Crippen molar-refractivity contribution in [2.45, 2.75) is 32.5 Å². The molecule has 1 aliphatic rings. The van der Waals surface area contributed by atoms with Crippen molar-refractivity contribution in [3.63, 3.8) is 0 Å². The highest BCUT2D eigenvalue weighted by Crippen LogP contribution is 2.35. The van der Waals surface area contributed by atoms with E-state index in [2.05, 4.69) is 15.2 Å². The number of aromatic nitrogens is 1. The molecule has 4 aromatic rings. The third kappa shape index (κ3) is 7.10. The van der Waals surface area contributed by atoms with Crippen molar-refractivity contribution in [2.75, 3.05) is 39.2 Å². The largest absolute Gasteiger partial charge is 0.497 e. The number of methoxy groups -OCH3 is 1. The maximum atomic E-state index is 13.8. The molecule has 44 heavy (non-hydrogen) atoms. The summed E-state index contributed by atoms with van der Waals surface area (Å²) in [5.74, 6) is 0.500. The van der Waals surface area contributed by atoms with Gasteiger partial charge in [-0.3, -0.25) is 14.5 Å². The molecule has 3 atom stereocenters. The maximum Gasteiger partial charge on any atom is 0.258 e. The van der Waals surface area contributed by atoms with E-state index in [9.17, 15) is 14.7 Å². The second kappa shape index (κ2) is 14.0. The van der Waals surface area contributed by atoms with E-state index in [0.29, 0.717) is 42.2 Å². The van der Waals surface area contributed by atoms with Gasteiger partial charge in [-0.15, -0.1) is 11.3 Å². The summed E-state index contributed by atoms with van der Waals surface area (Å²) in [7, 11) is 3.68. The van der Waals surface area contributed by atoms with Crippen LogP contribution in [0.4, 0.5) is 5.69 Å². The first-order valence-corrected chi connectivity index (χ1v) is 15.5. The number of fused-ring (bicyclic) bond motifs is 1. The number of aliphatic hydroxyl groups excluding tert-OH is 1. The minimum absolute atomic E-state index is 0.0680. The van der Waals surface area contributed by atoms with Gasteiger partial charge in [0.25, 0.3) is 11.8 Å². The molecule has 0 unspecified atom stereocenters. The quantitative estimate of drug-likeness (QED) is 0.246. The van der Waals surface area contributed by atoms with Gasteiger partial charge >= 0.3 is 0 Å². The van der Waals surface area contributed by atoms with Gasteiger partial charge in [0.15, 0.2) is 5.75 Å². The van der Waals surface area contributed by atoms with Crippen LogP contribution < -0.4 is 14.8 Å². The molecule has 0 fully saturated rings. The molecule has 0 bridgehead atoms. The minimum Gasteiger partial charge on any atom is -0.497 e. The lowest BCUT2D eigenvalue weighted by Crippen LogP contribution is -2.49. The fourth-order valence-corrected chi connectivity index (χ4v) is 5.94. The summed E-state index contributed by atoms with van der Waals surface area (Å²) < 4.78 is 12.0. The third-order valence-corrected chi connectivity index (χ3v) is 8.69. The van der Waals surface area contributed by atoms with Crippen molar-refractivity contribution in [1.29, 1.82) is 0 Å². The number of para-hydroxylation sites is 1. The summed E-state index contributed by atoms with van der Waals surface area (Å²) in [6.45, 7) is 5.40. The Morgan fingerprint density at radius 3 is 2.59 bits per heavy atom. The van der Waals surface area contributed by atoms with Gasteiger partial charge < -0.3 is 24.8 Å². The second-order valence-corrected chi connectivity index (χ2v) is 12.1. The fourth-order valence-electron chi connectivity index (χ4n) is 5.30. The first-order chi connectivity index (χ1) is 21.3. The Bertz CT molecular complexity index is 1560. The number of thiazole rings is 1. The molecular formula is C34H38N4O5S. The Morgan fingerprint density at radius 1 is 1.18 bits per heavy atom. The van der Waals surface area contributed by atoms with E-state index in [0.717, 1.165) is 21.9 Å². The molecule has 0 aliphatic carbocycles. The van der Waals surface area contributed by atoms with Gasteiger partial charge in [0.2, 0.25) is 0 Å². The first-order valence-electron chi connectivity index (χ1n) is 14.6. The number of carbonyl (C=O) groups excluding carboxylic acids is 2. The highest BCUT2D eigenvalue weighted by Gasteiger charge is 2.34. The zero-order valence-corrected chi connectivity index (χ0v) is 26.2. The van der Waals surface area contributed by atoms with Crippen LogP contribution in [0.1, 0.15) is 40.1 Å². The number of anilines is 1. The molecule has 5 rings (SSSR count). The van der Waals surface area contributed by atoms with Gasteiger partial charge in [-0.05, 0) is 55.9 Å². The Kier molecular flexibility index (Phi) is 9.94. The van der Waals surface area contributed by atoms with Crippen LogP contribution >= 0.6 is 11.3 Å². The van der Waals surface area contributed by atoms with Crippen molar-refractivity contribution in [3.8, 4) is 22.1 Å². The van der Waals surface area contributed by atoms with Gasteiger partial charge in [0, 0.05) is 48.3 Å². The average molecular weight is 615 g/mol. The van der Waals surface area contributed by atoms with Crippen molar-refractivity contribution in [1.82, 2.24) is 14.8 Å². The normalized spacial score (nSPS) is 17.3. The van der Waals surface area contributed by atoms with Crippen LogP contribution in [-0.2, 0) is 6.54 Å². The van der Waals surface area contributed by atoms with E-state index >= 15 is 0 Å². The molecule has 1 aromatic heterocycles. The number of hydrogen-bond acceptors (Lipinski definition) is 8. The number of rotatable bonds is 10. The predicted octanol–water partition coefficient (Wildman–Crippen LogP) is 5.42. The standard InChI is InChI=1S/C34H38N4O5S/c1-22-18-38(23(2)21-39)34(41)28-6-5-7-29(36-32(40)25-10-12-26(13-11-25)33-35-16-17-44-33)31(28)43-30(22)20-37(3)19-24-8-14-27(42-4)15-9-24/h5-17,22-23,30,39H,18-21H2,1-4H3,(H,36,40)/t22-,23+,30+/m0/s1. The van der Waals surface area contributed by atoms with Crippen LogP contribution in [0.2, 0.25) is 0 Å². The van der Waals surface area contributed by atoms with E-state index in [1.54, 1.807) is 48.5 Å². The molecule has 0 saturated carbocycles. The molecule has 9 nitrogen and oxygen atoms in total. The Hall–Kier alpha value is -4.25. The summed E-state index contributed by atoms with van der Waals surface area (Å²) in [6.07, 6.45) is 1.44. The minimum atomic E-state index is -0.386. The van der Waals surface area contributed by atoms with Gasteiger partial charge in [0.05, 0.1) is 31.0 Å². The van der Waals surface area contributed by atoms with Gasteiger partial charge in [-0.25, -0.2) is 4.98 Å². The van der Waals surface area contributed by atoms with Crippen LogP contribution in [0.3, 0.4) is 0 Å². The van der Waals surface area contributed by atoms with Crippen LogP contribution in [0.5, 0.6) is 11.5 Å². The number of nitrogens with zero attached hydrogens (tertiary/aromatic N) is 3. The monoisotopic (exact) mass is 614 g/mol. The maximum absolute atomic E-state index is 13.8. The highest BCUT2D eigenvalue weighted by molar-refractivity contribution is 7.13. The Balaban J connectivity index is 1.42. The van der Waals surface area contributed by atoms with Gasteiger partial charge in [-0.2, -0.15) is 0 Å². The fraction of sp³-hybridized carbons (Fsp3) is 0.324. The number of likely N-dealkylation sites (N-methyl/N-ethyl adjacent to an activating group) is 1. The molecule has 10 heteroatoms. The number of aliphatic hydroxyl groups is 1. The zero-order valence-electron chi connectivity index (χ0n) is 25.4. The zero-order chi connectivity index (χ0) is 31.2. The van der Waals surface area contributed by atoms with E-state index in [-0.39, 0.29) is 36.5 Å². The average Bonchev–Trinajstić information content (AvgIpc) is 3.58. The molecule has 230 valence electrons. The summed E-state index contributed by atoms with van der Waals surface area (Å²) in [5, 5.41) is 15.8. The van der Waals surface area contributed by atoms with Gasteiger partial charge in [0.1, 0.15) is 16.9 Å². The lowest BCUT2D eigenvalue weighted by atomic mass is 9.98. The molecule has 2 amide bonds. The van der Waals surface area contributed by atoms with Crippen LogP contribution in [-0.4, -0.2) is 77.7 Å². The molecule has 1 aliphatic heterocycles. The van der Waals surface area contributed by atoms with Crippen LogP contribution in [0.15, 0.2) is 78.3 Å². The first kappa shape index (κ1) is 31.2. The Labute approximate surface area is 262 Å². The smallest absolute Gasteiger partial charge is 0.258 e. The lowest BCUT2D eigenvalue weighted by molar-refractivity contribution is 0.0343. The van der Waals surface area contributed by atoms with Crippen molar-refractivity contribution >= 4 is 28.8 Å². The third-order valence-electron chi connectivity index (χ3n) is 7.87. The molecular weight excluding hydrogens is 576 g/mol. The number of nitrogens with one attached hydrogen (secondary N) is 1. The Morgan fingerprint density at radius 2 is 1.93 bits per heavy atom. The molecule has 3 aromatic carbocycles. The van der Waals surface area contributed by atoms with Crippen LogP contribution in [0.25, 0.3) is 10.6 Å². The van der Waals surface area contributed by atoms with E-state index in [1.807, 2.05) is 62.7 Å².